The number of hydrogen-bond acceptors (Lipinski definition) is 3. The lowest BCUT2D eigenvalue weighted by molar-refractivity contribution is 0.242. The van der Waals surface area contributed by atoms with Crippen molar-refractivity contribution in [1.82, 2.24) is 0 Å². The molecule has 0 saturated carbocycles. The fraction of sp³-hybridized carbons (Fsp3) is 0.409. The lowest BCUT2D eigenvalue weighted by atomic mass is 10.1. The molecule has 1 heterocycles. The zero-order valence-corrected chi connectivity index (χ0v) is 16.3. The molecular formula is C22H30N4O. The number of ether oxygens (including phenoxy) is 1. The highest BCUT2D eigenvalue weighted by Gasteiger charge is 2.13. The molecule has 2 aromatic carbocycles. The van der Waals surface area contributed by atoms with E-state index in [-0.39, 0.29) is 6.10 Å². The molecule has 3 rings (SSSR count). The van der Waals surface area contributed by atoms with Crippen LogP contribution < -0.4 is 20.7 Å². The Morgan fingerprint density at radius 1 is 1.07 bits per heavy atom. The van der Waals surface area contributed by atoms with Gasteiger partial charge in [-0.15, -0.1) is 0 Å². The van der Waals surface area contributed by atoms with Gasteiger partial charge in [0, 0.05) is 24.5 Å². The molecule has 0 unspecified atom stereocenters. The molecule has 0 radical (unpaired) electrons. The minimum atomic E-state index is 0.162. The summed E-state index contributed by atoms with van der Waals surface area (Å²) in [5.41, 5.74) is 9.49. The van der Waals surface area contributed by atoms with Crippen LogP contribution in [-0.4, -0.2) is 25.2 Å². The molecule has 0 aromatic heterocycles. The number of rotatable bonds is 6. The molecule has 0 bridgehead atoms. The van der Waals surface area contributed by atoms with Crippen LogP contribution >= 0.6 is 0 Å². The molecule has 0 aliphatic carbocycles. The molecule has 27 heavy (non-hydrogen) atoms. The third kappa shape index (κ3) is 5.64. The number of nitrogens with one attached hydrogen (secondary N) is 1. The van der Waals surface area contributed by atoms with Gasteiger partial charge in [0.1, 0.15) is 5.75 Å². The van der Waals surface area contributed by atoms with E-state index in [1.807, 2.05) is 38.1 Å². The third-order valence-electron chi connectivity index (χ3n) is 4.61. The number of para-hydroxylation sites is 1. The van der Waals surface area contributed by atoms with Gasteiger partial charge in [0.15, 0.2) is 5.96 Å². The number of guanidine groups is 1. The molecule has 1 aliphatic heterocycles. The first-order valence-electron chi connectivity index (χ1n) is 9.78. The average molecular weight is 367 g/mol. The zero-order valence-electron chi connectivity index (χ0n) is 16.3. The van der Waals surface area contributed by atoms with Crippen molar-refractivity contribution in [2.24, 2.45) is 10.7 Å². The van der Waals surface area contributed by atoms with Gasteiger partial charge in [0.2, 0.25) is 0 Å². The van der Waals surface area contributed by atoms with E-state index >= 15 is 0 Å². The normalized spacial score (nSPS) is 15.1. The first kappa shape index (κ1) is 19.1. The van der Waals surface area contributed by atoms with Gasteiger partial charge >= 0.3 is 0 Å². The molecule has 3 N–H and O–H groups in total. The van der Waals surface area contributed by atoms with E-state index in [4.69, 9.17) is 10.5 Å². The number of aliphatic imine (C=N–C) groups is 1. The average Bonchev–Trinajstić information content (AvgIpc) is 2.68. The van der Waals surface area contributed by atoms with Crippen molar-refractivity contribution in [2.75, 3.05) is 23.3 Å². The summed E-state index contributed by atoms with van der Waals surface area (Å²) in [5.74, 6) is 1.27. The second-order valence-corrected chi connectivity index (χ2v) is 7.19. The van der Waals surface area contributed by atoms with E-state index in [2.05, 4.69) is 39.5 Å². The van der Waals surface area contributed by atoms with Crippen molar-refractivity contribution in [3.05, 3.63) is 54.1 Å². The van der Waals surface area contributed by atoms with E-state index in [1.54, 1.807) is 0 Å². The van der Waals surface area contributed by atoms with Gasteiger partial charge in [0.05, 0.1) is 12.6 Å². The van der Waals surface area contributed by atoms with E-state index in [0.717, 1.165) is 24.5 Å². The summed E-state index contributed by atoms with van der Waals surface area (Å²) >= 11 is 0. The molecular weight excluding hydrogens is 336 g/mol. The molecule has 0 amide bonds. The predicted molar refractivity (Wildman–Crippen MR) is 114 cm³/mol. The minimum Gasteiger partial charge on any atom is -0.491 e. The van der Waals surface area contributed by atoms with Gasteiger partial charge in [-0.25, -0.2) is 4.99 Å². The maximum atomic E-state index is 6.09. The van der Waals surface area contributed by atoms with Crippen LogP contribution in [0.15, 0.2) is 53.5 Å². The van der Waals surface area contributed by atoms with Crippen molar-refractivity contribution in [1.29, 1.82) is 0 Å². The van der Waals surface area contributed by atoms with Crippen LogP contribution in [-0.2, 0) is 6.54 Å². The third-order valence-corrected chi connectivity index (χ3v) is 4.61. The molecule has 0 spiro atoms. The van der Waals surface area contributed by atoms with Gasteiger partial charge in [0.25, 0.3) is 0 Å². The van der Waals surface area contributed by atoms with Crippen molar-refractivity contribution in [3.63, 3.8) is 0 Å². The van der Waals surface area contributed by atoms with Crippen molar-refractivity contribution >= 4 is 17.3 Å². The first-order valence-corrected chi connectivity index (χ1v) is 9.78. The van der Waals surface area contributed by atoms with Gasteiger partial charge in [-0.05, 0) is 69.0 Å². The van der Waals surface area contributed by atoms with Gasteiger partial charge < -0.3 is 20.7 Å². The lowest BCUT2D eigenvalue weighted by Gasteiger charge is -2.30. The molecule has 1 saturated heterocycles. The molecule has 2 aromatic rings. The minimum absolute atomic E-state index is 0.162. The molecule has 5 heteroatoms. The highest BCUT2D eigenvalue weighted by molar-refractivity contribution is 5.92. The summed E-state index contributed by atoms with van der Waals surface area (Å²) < 4.78 is 5.66. The number of nitrogens with zero attached hydrogens (tertiary/aromatic N) is 2. The molecule has 1 fully saturated rings. The topological polar surface area (TPSA) is 62.9 Å². The fourth-order valence-electron chi connectivity index (χ4n) is 3.33. The Morgan fingerprint density at radius 2 is 1.78 bits per heavy atom. The Morgan fingerprint density at radius 3 is 2.48 bits per heavy atom. The van der Waals surface area contributed by atoms with Crippen LogP contribution in [0.2, 0.25) is 0 Å². The predicted octanol–water partition coefficient (Wildman–Crippen LogP) is 4.39. The van der Waals surface area contributed by atoms with E-state index in [0.29, 0.717) is 12.5 Å². The Balaban J connectivity index is 1.62. The number of piperidine rings is 1. The summed E-state index contributed by atoms with van der Waals surface area (Å²) in [7, 11) is 0. The lowest BCUT2D eigenvalue weighted by Crippen LogP contribution is -2.30. The number of anilines is 2. The Kier molecular flexibility index (Phi) is 6.58. The largest absolute Gasteiger partial charge is 0.491 e. The Bertz CT molecular complexity index is 749. The highest BCUT2D eigenvalue weighted by atomic mass is 16.5. The van der Waals surface area contributed by atoms with Gasteiger partial charge in [-0.2, -0.15) is 0 Å². The molecule has 1 aliphatic rings. The maximum absolute atomic E-state index is 6.09. The quantitative estimate of drug-likeness (QED) is 0.588. The van der Waals surface area contributed by atoms with E-state index < -0.39 is 0 Å². The maximum Gasteiger partial charge on any atom is 0.193 e. The van der Waals surface area contributed by atoms with Crippen LogP contribution in [0.3, 0.4) is 0 Å². The summed E-state index contributed by atoms with van der Waals surface area (Å²) in [6.07, 6.45) is 4.01. The second-order valence-electron chi connectivity index (χ2n) is 7.19. The fourth-order valence-corrected chi connectivity index (χ4v) is 3.33. The Hall–Kier alpha value is -2.69. The molecule has 144 valence electrons. The summed E-state index contributed by atoms with van der Waals surface area (Å²) in [4.78, 5) is 7.01. The number of hydrogen-bond donors (Lipinski definition) is 2. The molecule has 0 atom stereocenters. The van der Waals surface area contributed by atoms with Crippen LogP contribution in [0.25, 0.3) is 0 Å². The van der Waals surface area contributed by atoms with Gasteiger partial charge in [-0.3, -0.25) is 0 Å². The zero-order chi connectivity index (χ0) is 19.1. The van der Waals surface area contributed by atoms with Crippen molar-refractivity contribution in [2.45, 2.75) is 45.8 Å². The highest BCUT2D eigenvalue weighted by Crippen LogP contribution is 2.24. The van der Waals surface area contributed by atoms with Crippen LogP contribution in [0.1, 0.15) is 38.7 Å². The van der Waals surface area contributed by atoms with Crippen LogP contribution in [0, 0.1) is 0 Å². The summed E-state index contributed by atoms with van der Waals surface area (Å²) in [6.45, 7) is 6.84. The SMILES string of the molecule is CC(C)Oc1ccc(NC(N)=NCc2ccccc2N2CCCCC2)cc1. The van der Waals surface area contributed by atoms with Crippen LogP contribution in [0.5, 0.6) is 5.75 Å². The molecule has 5 nitrogen and oxygen atoms in total. The standard InChI is InChI=1S/C22H30N4O/c1-17(2)27-20-12-10-19(11-13-20)25-22(23)24-16-18-8-4-5-9-21(18)26-14-6-3-7-15-26/h4-5,8-13,17H,3,6-7,14-16H2,1-2H3,(H3,23,24,25). The van der Waals surface area contributed by atoms with E-state index in [9.17, 15) is 0 Å². The Labute approximate surface area is 162 Å². The summed E-state index contributed by atoms with van der Waals surface area (Å²) in [5, 5.41) is 3.15. The summed E-state index contributed by atoms with van der Waals surface area (Å²) in [6, 6.07) is 16.2. The van der Waals surface area contributed by atoms with Crippen molar-refractivity contribution in [3.8, 4) is 5.75 Å². The first-order chi connectivity index (χ1) is 13.1. The second kappa shape index (κ2) is 9.31. The van der Waals surface area contributed by atoms with Gasteiger partial charge in [-0.1, -0.05) is 18.2 Å². The van der Waals surface area contributed by atoms with Crippen molar-refractivity contribution < 1.29 is 4.74 Å². The van der Waals surface area contributed by atoms with Crippen LogP contribution in [0.4, 0.5) is 11.4 Å². The number of benzene rings is 2. The monoisotopic (exact) mass is 366 g/mol. The number of nitrogens with two attached hydrogens (primary N) is 1. The van der Waals surface area contributed by atoms with E-state index in [1.165, 1.54) is 30.5 Å². The smallest absolute Gasteiger partial charge is 0.193 e.